The lowest BCUT2D eigenvalue weighted by atomic mass is 9.99. The monoisotopic (exact) mass is 194 g/mol. The number of aromatic nitrogens is 1. The highest BCUT2D eigenvalue weighted by Gasteiger charge is 2.08. The van der Waals surface area contributed by atoms with Crippen LogP contribution >= 0.6 is 0 Å². The Bertz CT molecular complexity index is 263. The van der Waals surface area contributed by atoms with E-state index in [-0.39, 0.29) is 6.04 Å². The van der Waals surface area contributed by atoms with E-state index in [1.54, 1.807) is 0 Å². The van der Waals surface area contributed by atoms with Gasteiger partial charge in [-0.3, -0.25) is 0 Å². The van der Waals surface area contributed by atoms with Gasteiger partial charge in [0.05, 0.1) is 0 Å². The van der Waals surface area contributed by atoms with Gasteiger partial charge in [0.15, 0.2) is 0 Å². The first-order valence-electron chi connectivity index (χ1n) is 5.53. The lowest BCUT2D eigenvalue weighted by Crippen LogP contribution is -2.28. The summed E-state index contributed by atoms with van der Waals surface area (Å²) in [4.78, 5) is 0. The summed E-state index contributed by atoms with van der Waals surface area (Å²) in [5, 5.41) is 0. The first-order chi connectivity index (χ1) is 6.63. The Morgan fingerprint density at radius 2 is 2.14 bits per heavy atom. The molecular weight excluding hydrogens is 172 g/mol. The van der Waals surface area contributed by atoms with E-state index in [1.165, 1.54) is 12.0 Å². The second-order valence-electron chi connectivity index (χ2n) is 4.37. The molecule has 0 saturated carbocycles. The molecule has 0 bridgehead atoms. The average Bonchev–Trinajstić information content (AvgIpc) is 2.53. The molecule has 0 aromatic carbocycles. The maximum Gasteiger partial charge on any atom is 0.0217 e. The largest absolute Gasteiger partial charge is 0.354 e. The zero-order valence-electron chi connectivity index (χ0n) is 9.53. The van der Waals surface area contributed by atoms with Crippen LogP contribution in [0.3, 0.4) is 0 Å². The van der Waals surface area contributed by atoms with Crippen molar-refractivity contribution in [3.8, 4) is 0 Å². The third-order valence-electron chi connectivity index (χ3n) is 2.62. The van der Waals surface area contributed by atoms with Gasteiger partial charge < -0.3 is 10.3 Å². The van der Waals surface area contributed by atoms with Gasteiger partial charge >= 0.3 is 0 Å². The van der Waals surface area contributed by atoms with Gasteiger partial charge in [-0.2, -0.15) is 0 Å². The molecule has 80 valence electrons. The molecule has 0 amide bonds. The molecule has 1 aromatic heterocycles. The summed E-state index contributed by atoms with van der Waals surface area (Å²) in [6.45, 7) is 7.65. The minimum absolute atomic E-state index is 0.285. The van der Waals surface area contributed by atoms with E-state index in [1.807, 2.05) is 0 Å². The zero-order valence-corrected chi connectivity index (χ0v) is 9.53. The van der Waals surface area contributed by atoms with E-state index in [0.717, 1.165) is 13.0 Å². The highest BCUT2D eigenvalue weighted by Crippen LogP contribution is 2.09. The fourth-order valence-electron chi connectivity index (χ4n) is 1.52. The van der Waals surface area contributed by atoms with Crippen LogP contribution in [0.15, 0.2) is 18.5 Å². The van der Waals surface area contributed by atoms with Crippen molar-refractivity contribution in [1.29, 1.82) is 0 Å². The molecule has 0 aliphatic rings. The van der Waals surface area contributed by atoms with Crippen LogP contribution in [0, 0.1) is 5.92 Å². The molecule has 0 aliphatic heterocycles. The van der Waals surface area contributed by atoms with E-state index in [0.29, 0.717) is 5.92 Å². The summed E-state index contributed by atoms with van der Waals surface area (Å²) >= 11 is 0. The Hall–Kier alpha value is -0.760. The van der Waals surface area contributed by atoms with Crippen LogP contribution in [0.4, 0.5) is 0 Å². The van der Waals surface area contributed by atoms with Crippen molar-refractivity contribution >= 4 is 0 Å². The van der Waals surface area contributed by atoms with Crippen molar-refractivity contribution < 1.29 is 0 Å². The maximum atomic E-state index is 6.02. The molecule has 0 spiro atoms. The zero-order chi connectivity index (χ0) is 10.6. The Balaban J connectivity index is 2.50. The summed E-state index contributed by atoms with van der Waals surface area (Å²) in [5.74, 6) is 0.560. The number of aryl methyl sites for hydroxylation is 1. The summed E-state index contributed by atoms with van der Waals surface area (Å²) in [7, 11) is 0. The van der Waals surface area contributed by atoms with Gasteiger partial charge in [0, 0.05) is 25.0 Å². The molecule has 1 unspecified atom stereocenters. The van der Waals surface area contributed by atoms with Crippen LogP contribution < -0.4 is 5.73 Å². The molecule has 2 N–H and O–H groups in total. The van der Waals surface area contributed by atoms with Crippen molar-refractivity contribution in [3.05, 3.63) is 24.0 Å². The number of rotatable bonds is 5. The second kappa shape index (κ2) is 5.20. The van der Waals surface area contributed by atoms with Crippen molar-refractivity contribution in [2.45, 2.75) is 46.2 Å². The summed E-state index contributed by atoms with van der Waals surface area (Å²) in [6.07, 6.45) is 6.54. The predicted octanol–water partition coefficient (Wildman–Crippen LogP) is 2.42. The fourth-order valence-corrected chi connectivity index (χ4v) is 1.52. The maximum absolute atomic E-state index is 6.02. The standard InChI is InChI=1S/C12H22N2/c1-4-6-14-7-5-11(9-14)8-12(13)10(2)3/h5,7,9-10,12H,4,6,8,13H2,1-3H3. The SMILES string of the molecule is CCCn1ccc(CC(N)C(C)C)c1. The van der Waals surface area contributed by atoms with Crippen LogP contribution in [0.25, 0.3) is 0 Å². The first-order valence-corrected chi connectivity index (χ1v) is 5.53. The Kier molecular flexibility index (Phi) is 4.21. The molecule has 2 nitrogen and oxygen atoms in total. The molecule has 2 heteroatoms. The van der Waals surface area contributed by atoms with Crippen LogP contribution in [0.5, 0.6) is 0 Å². The molecule has 0 fully saturated rings. The second-order valence-corrected chi connectivity index (χ2v) is 4.37. The topological polar surface area (TPSA) is 30.9 Å². The fraction of sp³-hybridized carbons (Fsp3) is 0.667. The Morgan fingerprint density at radius 3 is 2.71 bits per heavy atom. The average molecular weight is 194 g/mol. The lowest BCUT2D eigenvalue weighted by Gasteiger charge is -2.14. The number of nitrogens with zero attached hydrogens (tertiary/aromatic N) is 1. The number of nitrogens with two attached hydrogens (primary N) is 1. The highest BCUT2D eigenvalue weighted by atomic mass is 14.9. The van der Waals surface area contributed by atoms with Gasteiger partial charge in [0.25, 0.3) is 0 Å². The molecule has 1 rings (SSSR count). The third kappa shape index (κ3) is 3.18. The van der Waals surface area contributed by atoms with Gasteiger partial charge in [0.2, 0.25) is 0 Å². The predicted molar refractivity (Wildman–Crippen MR) is 61.2 cm³/mol. The van der Waals surface area contributed by atoms with Gasteiger partial charge in [-0.1, -0.05) is 20.8 Å². The van der Waals surface area contributed by atoms with Crippen LogP contribution in [-0.4, -0.2) is 10.6 Å². The molecule has 1 aromatic rings. The quantitative estimate of drug-likeness (QED) is 0.766. The van der Waals surface area contributed by atoms with E-state index in [9.17, 15) is 0 Å². The van der Waals surface area contributed by atoms with E-state index in [2.05, 4.69) is 43.8 Å². The summed E-state index contributed by atoms with van der Waals surface area (Å²) in [6, 6.07) is 2.46. The Morgan fingerprint density at radius 1 is 1.43 bits per heavy atom. The molecule has 14 heavy (non-hydrogen) atoms. The van der Waals surface area contributed by atoms with E-state index in [4.69, 9.17) is 5.73 Å². The van der Waals surface area contributed by atoms with Gasteiger partial charge in [0.1, 0.15) is 0 Å². The minimum Gasteiger partial charge on any atom is -0.354 e. The number of hydrogen-bond donors (Lipinski definition) is 1. The normalized spacial score (nSPS) is 13.5. The number of hydrogen-bond acceptors (Lipinski definition) is 1. The third-order valence-corrected chi connectivity index (χ3v) is 2.62. The van der Waals surface area contributed by atoms with Gasteiger partial charge in [-0.05, 0) is 30.4 Å². The van der Waals surface area contributed by atoms with Crippen molar-refractivity contribution in [1.82, 2.24) is 4.57 Å². The lowest BCUT2D eigenvalue weighted by molar-refractivity contribution is 0.490. The van der Waals surface area contributed by atoms with Crippen LogP contribution in [-0.2, 0) is 13.0 Å². The molecule has 0 radical (unpaired) electrons. The molecule has 1 atom stereocenters. The van der Waals surface area contributed by atoms with Gasteiger partial charge in [-0.15, -0.1) is 0 Å². The van der Waals surface area contributed by atoms with Crippen LogP contribution in [0.1, 0.15) is 32.8 Å². The van der Waals surface area contributed by atoms with Crippen LogP contribution in [0.2, 0.25) is 0 Å². The van der Waals surface area contributed by atoms with Crippen molar-refractivity contribution in [2.24, 2.45) is 11.7 Å². The first kappa shape index (κ1) is 11.3. The van der Waals surface area contributed by atoms with Crippen molar-refractivity contribution in [3.63, 3.8) is 0 Å². The highest BCUT2D eigenvalue weighted by molar-refractivity contribution is 5.12. The minimum atomic E-state index is 0.285. The molecular formula is C12H22N2. The molecule has 1 heterocycles. The van der Waals surface area contributed by atoms with Gasteiger partial charge in [-0.25, -0.2) is 0 Å². The smallest absolute Gasteiger partial charge is 0.0217 e. The summed E-state index contributed by atoms with van der Waals surface area (Å²) in [5.41, 5.74) is 7.38. The van der Waals surface area contributed by atoms with E-state index < -0.39 is 0 Å². The van der Waals surface area contributed by atoms with Crippen molar-refractivity contribution in [2.75, 3.05) is 0 Å². The Labute approximate surface area is 87.1 Å². The van der Waals surface area contributed by atoms with E-state index >= 15 is 0 Å². The molecule has 0 aliphatic carbocycles. The molecule has 0 saturated heterocycles. The summed E-state index contributed by atoms with van der Waals surface area (Å²) < 4.78 is 2.24.